The van der Waals surface area contributed by atoms with E-state index in [2.05, 4.69) is 41.1 Å². The van der Waals surface area contributed by atoms with Gasteiger partial charge in [-0.05, 0) is 18.2 Å². The maximum atomic E-state index is 10.4. The second-order valence-corrected chi connectivity index (χ2v) is 4.77. The summed E-state index contributed by atoms with van der Waals surface area (Å²) in [5.74, 6) is 0. The van der Waals surface area contributed by atoms with Crippen LogP contribution in [0.4, 0.5) is 0 Å². The number of hydrogen-bond donors (Lipinski definition) is 0. The first-order valence-electron chi connectivity index (χ1n) is 6.20. The quantitative estimate of drug-likeness (QED) is 0.728. The summed E-state index contributed by atoms with van der Waals surface area (Å²) >= 11 is 0. The highest BCUT2D eigenvalue weighted by Gasteiger charge is 2.13. The zero-order valence-electron chi connectivity index (χ0n) is 10.4. The van der Waals surface area contributed by atoms with Crippen LogP contribution in [0.2, 0.25) is 0 Å². The minimum atomic E-state index is 0.523. The van der Waals surface area contributed by atoms with Crippen molar-refractivity contribution >= 4 is 6.29 Å². The molecule has 0 N–H and O–H groups in total. The molecule has 0 saturated carbocycles. The highest BCUT2D eigenvalue weighted by Crippen LogP contribution is 2.09. The molecule has 3 heteroatoms. The van der Waals surface area contributed by atoms with Crippen LogP contribution in [0.5, 0.6) is 0 Å². The molecule has 2 rings (SSSR count). The Balaban J connectivity index is 1.88. The molecule has 0 atom stereocenters. The molecule has 92 valence electrons. The van der Waals surface area contributed by atoms with Crippen molar-refractivity contribution in [2.75, 3.05) is 33.2 Å². The number of benzene rings is 1. The second-order valence-electron chi connectivity index (χ2n) is 4.77. The molecule has 0 amide bonds. The standard InChI is InChI=1S/C14H20N2O/c1-15-7-9-16(10-8-15)12-14-4-2-13(3-5-14)6-11-17/h2-5,11H,6-10,12H2,1H3. The van der Waals surface area contributed by atoms with Crippen LogP contribution in [0.3, 0.4) is 0 Å². The van der Waals surface area contributed by atoms with Crippen molar-refractivity contribution in [3.63, 3.8) is 0 Å². The third-order valence-electron chi connectivity index (χ3n) is 3.34. The van der Waals surface area contributed by atoms with Crippen molar-refractivity contribution < 1.29 is 4.79 Å². The number of rotatable bonds is 4. The van der Waals surface area contributed by atoms with Crippen LogP contribution in [0.25, 0.3) is 0 Å². The van der Waals surface area contributed by atoms with Crippen molar-refractivity contribution in [3.05, 3.63) is 35.4 Å². The lowest BCUT2D eigenvalue weighted by atomic mass is 10.1. The number of carbonyl (C=O) groups excluding carboxylic acids is 1. The van der Waals surface area contributed by atoms with E-state index in [-0.39, 0.29) is 0 Å². The van der Waals surface area contributed by atoms with Crippen molar-refractivity contribution in [1.29, 1.82) is 0 Å². The lowest BCUT2D eigenvalue weighted by Crippen LogP contribution is -2.43. The van der Waals surface area contributed by atoms with Crippen molar-refractivity contribution in [1.82, 2.24) is 9.80 Å². The maximum Gasteiger partial charge on any atom is 0.124 e. The van der Waals surface area contributed by atoms with Gasteiger partial charge in [-0.2, -0.15) is 0 Å². The monoisotopic (exact) mass is 232 g/mol. The van der Waals surface area contributed by atoms with Crippen LogP contribution >= 0.6 is 0 Å². The molecule has 1 aromatic carbocycles. The molecule has 1 fully saturated rings. The van der Waals surface area contributed by atoms with E-state index < -0.39 is 0 Å². The topological polar surface area (TPSA) is 23.6 Å². The number of hydrogen-bond acceptors (Lipinski definition) is 3. The van der Waals surface area contributed by atoms with Gasteiger partial charge in [0.2, 0.25) is 0 Å². The van der Waals surface area contributed by atoms with Gasteiger partial charge in [0.25, 0.3) is 0 Å². The van der Waals surface area contributed by atoms with Gasteiger partial charge in [-0.25, -0.2) is 0 Å². The second kappa shape index (κ2) is 5.94. The highest BCUT2D eigenvalue weighted by atomic mass is 16.1. The summed E-state index contributed by atoms with van der Waals surface area (Å²) in [6, 6.07) is 8.38. The van der Waals surface area contributed by atoms with E-state index in [4.69, 9.17) is 0 Å². The molecule has 1 heterocycles. The van der Waals surface area contributed by atoms with E-state index in [1.165, 1.54) is 5.56 Å². The molecule has 1 aromatic rings. The number of nitrogens with zero attached hydrogens (tertiary/aromatic N) is 2. The lowest BCUT2D eigenvalue weighted by Gasteiger charge is -2.32. The van der Waals surface area contributed by atoms with E-state index in [1.807, 2.05) is 0 Å². The Morgan fingerprint density at radius 1 is 1.06 bits per heavy atom. The summed E-state index contributed by atoms with van der Waals surface area (Å²) in [4.78, 5) is 15.2. The first-order valence-corrected chi connectivity index (χ1v) is 6.20. The molecule has 0 radical (unpaired) electrons. The molecule has 17 heavy (non-hydrogen) atoms. The third kappa shape index (κ3) is 3.65. The molecular weight excluding hydrogens is 212 g/mol. The molecule has 0 spiro atoms. The summed E-state index contributed by atoms with van der Waals surface area (Å²) in [6.07, 6.45) is 1.48. The Labute approximate surface area is 103 Å². The SMILES string of the molecule is CN1CCN(Cc2ccc(CC=O)cc2)CC1. The fraction of sp³-hybridized carbons (Fsp3) is 0.500. The molecule has 0 aromatic heterocycles. The highest BCUT2D eigenvalue weighted by molar-refractivity contribution is 5.54. The van der Waals surface area contributed by atoms with Gasteiger partial charge in [-0.3, -0.25) is 4.90 Å². The van der Waals surface area contributed by atoms with Crippen LogP contribution in [0, 0.1) is 0 Å². The Kier molecular flexibility index (Phi) is 4.29. The number of carbonyl (C=O) groups is 1. The minimum Gasteiger partial charge on any atom is -0.304 e. The first kappa shape index (κ1) is 12.3. The number of aldehydes is 1. The fourth-order valence-electron chi connectivity index (χ4n) is 2.14. The average Bonchev–Trinajstić information content (AvgIpc) is 2.35. The summed E-state index contributed by atoms with van der Waals surface area (Å²) in [6.45, 7) is 5.63. The van der Waals surface area contributed by atoms with Crippen LogP contribution in [0.15, 0.2) is 24.3 Å². The van der Waals surface area contributed by atoms with Gasteiger partial charge in [0.15, 0.2) is 0 Å². The average molecular weight is 232 g/mol. The summed E-state index contributed by atoms with van der Waals surface area (Å²) in [5, 5.41) is 0. The van der Waals surface area contributed by atoms with Gasteiger partial charge in [0.05, 0.1) is 0 Å². The number of piperazine rings is 1. The summed E-state index contributed by atoms with van der Waals surface area (Å²) < 4.78 is 0. The van der Waals surface area contributed by atoms with Gasteiger partial charge in [0.1, 0.15) is 6.29 Å². The maximum absolute atomic E-state index is 10.4. The van der Waals surface area contributed by atoms with E-state index in [1.54, 1.807) is 0 Å². The first-order chi connectivity index (χ1) is 8.28. The molecule has 0 bridgehead atoms. The van der Waals surface area contributed by atoms with Gasteiger partial charge in [-0.1, -0.05) is 24.3 Å². The Morgan fingerprint density at radius 3 is 2.24 bits per heavy atom. The van der Waals surface area contributed by atoms with Gasteiger partial charge < -0.3 is 9.69 Å². The van der Waals surface area contributed by atoms with Crippen LogP contribution in [0.1, 0.15) is 11.1 Å². The minimum absolute atomic E-state index is 0.523. The zero-order valence-corrected chi connectivity index (χ0v) is 10.4. The Morgan fingerprint density at radius 2 is 1.65 bits per heavy atom. The normalized spacial score (nSPS) is 18.2. The smallest absolute Gasteiger partial charge is 0.124 e. The lowest BCUT2D eigenvalue weighted by molar-refractivity contribution is -0.107. The van der Waals surface area contributed by atoms with E-state index in [9.17, 15) is 4.79 Å². The Bertz CT molecular complexity index is 353. The van der Waals surface area contributed by atoms with E-state index in [0.717, 1.165) is 44.6 Å². The molecular formula is C14H20N2O. The number of likely N-dealkylation sites (N-methyl/N-ethyl adjacent to an activating group) is 1. The molecule has 1 aliphatic heterocycles. The Hall–Kier alpha value is -1.19. The third-order valence-corrected chi connectivity index (χ3v) is 3.34. The van der Waals surface area contributed by atoms with Crippen LogP contribution in [-0.2, 0) is 17.8 Å². The summed E-state index contributed by atoms with van der Waals surface area (Å²) in [5.41, 5.74) is 2.44. The molecule has 1 saturated heterocycles. The van der Waals surface area contributed by atoms with Crippen molar-refractivity contribution in [3.8, 4) is 0 Å². The predicted octanol–water partition coefficient (Wildman–Crippen LogP) is 1.18. The largest absolute Gasteiger partial charge is 0.304 e. The van der Waals surface area contributed by atoms with Crippen molar-refractivity contribution in [2.45, 2.75) is 13.0 Å². The van der Waals surface area contributed by atoms with Gasteiger partial charge in [-0.15, -0.1) is 0 Å². The predicted molar refractivity (Wildman–Crippen MR) is 69.0 cm³/mol. The van der Waals surface area contributed by atoms with Gasteiger partial charge >= 0.3 is 0 Å². The molecule has 0 aliphatic carbocycles. The molecule has 1 aliphatic rings. The van der Waals surface area contributed by atoms with Crippen molar-refractivity contribution in [2.24, 2.45) is 0 Å². The van der Waals surface area contributed by atoms with E-state index >= 15 is 0 Å². The molecule has 0 unspecified atom stereocenters. The van der Waals surface area contributed by atoms with E-state index in [0.29, 0.717) is 6.42 Å². The van der Waals surface area contributed by atoms with Crippen LogP contribution in [-0.4, -0.2) is 49.3 Å². The summed E-state index contributed by atoms with van der Waals surface area (Å²) in [7, 11) is 2.17. The zero-order chi connectivity index (χ0) is 12.1. The van der Waals surface area contributed by atoms with Crippen LogP contribution < -0.4 is 0 Å². The van der Waals surface area contributed by atoms with Gasteiger partial charge in [0, 0.05) is 39.1 Å². The molecule has 3 nitrogen and oxygen atoms in total. The fourth-order valence-corrected chi connectivity index (χ4v) is 2.14.